The topological polar surface area (TPSA) is 12.4 Å². The summed E-state index contributed by atoms with van der Waals surface area (Å²) in [6.07, 6.45) is 1.91. The summed E-state index contributed by atoms with van der Waals surface area (Å²) in [5.41, 5.74) is 2.35. The summed E-state index contributed by atoms with van der Waals surface area (Å²) in [6.45, 7) is 2.18. The third-order valence-corrected chi connectivity index (χ3v) is 8.47. The van der Waals surface area contributed by atoms with Crippen LogP contribution in [-0.4, -0.2) is 9.63 Å². The van der Waals surface area contributed by atoms with Gasteiger partial charge in [0.25, 0.3) is 0 Å². The molecule has 0 bridgehead atoms. The lowest BCUT2D eigenvalue weighted by molar-refractivity contribution is 1.14. The van der Waals surface area contributed by atoms with Crippen LogP contribution in [0.2, 0.25) is 0 Å². The van der Waals surface area contributed by atoms with E-state index in [0.717, 1.165) is 23.6 Å². The minimum absolute atomic E-state index is 0.305. The predicted molar refractivity (Wildman–Crippen MR) is 148 cm³/mol. The van der Waals surface area contributed by atoms with Gasteiger partial charge in [-0.05, 0) is 60.5 Å². The summed E-state index contributed by atoms with van der Waals surface area (Å²) in [4.78, 5) is 8.88. The molecule has 0 aliphatic carbocycles. The maximum Gasteiger partial charge on any atom is 0.0806 e. The van der Waals surface area contributed by atoms with Crippen molar-refractivity contribution < 1.29 is 0 Å². The molecule has 4 aromatic carbocycles. The standard InChI is InChI=1S/C29H27NS3/c1-2-23-18-20-24(21-19-23)30-28(31-25-12-6-3-7-13-25)22-29(32-26-14-8-4-9-15-26)33-27-16-10-5-11-17-27/h3-21,29H,2,22H2,1H3. The molecular formula is C29H27NS3. The lowest BCUT2D eigenvalue weighted by Crippen LogP contribution is -2.05. The van der Waals surface area contributed by atoms with Crippen LogP contribution in [0.15, 0.2) is 135 Å². The maximum absolute atomic E-state index is 5.11. The van der Waals surface area contributed by atoms with Gasteiger partial charge in [0.15, 0.2) is 0 Å². The SMILES string of the molecule is CCc1ccc(N=C(CC(Sc2ccccc2)Sc2ccccc2)Sc2ccccc2)cc1. The second-order valence-electron chi connectivity index (χ2n) is 7.44. The Morgan fingerprint density at radius 1 is 0.636 bits per heavy atom. The molecular weight excluding hydrogens is 459 g/mol. The van der Waals surface area contributed by atoms with Gasteiger partial charge in [-0.25, -0.2) is 4.99 Å². The molecule has 166 valence electrons. The lowest BCUT2D eigenvalue weighted by Gasteiger charge is -2.18. The van der Waals surface area contributed by atoms with Crippen LogP contribution in [0.5, 0.6) is 0 Å². The zero-order chi connectivity index (χ0) is 22.7. The molecule has 4 rings (SSSR count). The van der Waals surface area contributed by atoms with Crippen LogP contribution in [0.25, 0.3) is 0 Å². The van der Waals surface area contributed by atoms with E-state index in [4.69, 9.17) is 4.99 Å². The smallest absolute Gasteiger partial charge is 0.0806 e. The van der Waals surface area contributed by atoms with Crippen molar-refractivity contribution in [1.29, 1.82) is 0 Å². The molecule has 0 atom stereocenters. The van der Waals surface area contributed by atoms with Gasteiger partial charge in [0.1, 0.15) is 0 Å². The molecule has 0 aliphatic rings. The van der Waals surface area contributed by atoms with E-state index in [0.29, 0.717) is 4.58 Å². The highest BCUT2D eigenvalue weighted by atomic mass is 32.2. The van der Waals surface area contributed by atoms with Crippen molar-refractivity contribution in [3.63, 3.8) is 0 Å². The number of rotatable bonds is 9. The normalized spacial score (nSPS) is 11.6. The largest absolute Gasteiger partial charge is 0.246 e. The van der Waals surface area contributed by atoms with Gasteiger partial charge >= 0.3 is 0 Å². The Morgan fingerprint density at radius 2 is 1.12 bits per heavy atom. The predicted octanol–water partition coefficient (Wildman–Crippen LogP) is 9.37. The minimum atomic E-state index is 0.305. The van der Waals surface area contributed by atoms with Gasteiger partial charge in [0.2, 0.25) is 0 Å². The van der Waals surface area contributed by atoms with Gasteiger partial charge < -0.3 is 0 Å². The molecule has 0 radical (unpaired) electrons. The van der Waals surface area contributed by atoms with Gasteiger partial charge in [-0.2, -0.15) is 0 Å². The zero-order valence-electron chi connectivity index (χ0n) is 18.6. The summed E-state index contributed by atoms with van der Waals surface area (Å²) in [5, 5.41) is 1.13. The molecule has 0 heterocycles. The molecule has 0 saturated carbocycles. The van der Waals surface area contributed by atoms with Crippen molar-refractivity contribution in [3.05, 3.63) is 121 Å². The van der Waals surface area contributed by atoms with Crippen LogP contribution < -0.4 is 0 Å². The van der Waals surface area contributed by atoms with E-state index < -0.39 is 0 Å². The molecule has 1 nitrogen and oxygen atoms in total. The number of hydrogen-bond donors (Lipinski definition) is 0. The molecule has 0 saturated heterocycles. The lowest BCUT2D eigenvalue weighted by atomic mass is 10.1. The molecule has 0 aliphatic heterocycles. The number of aryl methyl sites for hydroxylation is 1. The third kappa shape index (κ3) is 7.85. The Kier molecular flexibility index (Phi) is 9.17. The van der Waals surface area contributed by atoms with Crippen molar-refractivity contribution in [2.75, 3.05) is 0 Å². The van der Waals surface area contributed by atoms with Gasteiger partial charge in [-0.15, -0.1) is 23.5 Å². The van der Waals surface area contributed by atoms with Gasteiger partial charge in [0, 0.05) is 21.1 Å². The van der Waals surface area contributed by atoms with E-state index >= 15 is 0 Å². The number of nitrogens with zero attached hydrogens (tertiary/aromatic N) is 1. The maximum atomic E-state index is 5.11. The van der Waals surface area contributed by atoms with Gasteiger partial charge in [-0.1, -0.05) is 85.4 Å². The highest BCUT2D eigenvalue weighted by Crippen LogP contribution is 2.40. The molecule has 0 fully saturated rings. The van der Waals surface area contributed by atoms with E-state index in [1.807, 2.05) is 23.5 Å². The first-order valence-corrected chi connectivity index (χ1v) is 13.7. The van der Waals surface area contributed by atoms with Crippen molar-refractivity contribution >= 4 is 46.0 Å². The van der Waals surface area contributed by atoms with Crippen LogP contribution in [-0.2, 0) is 6.42 Å². The van der Waals surface area contributed by atoms with Gasteiger partial charge in [0.05, 0.1) is 15.3 Å². The second kappa shape index (κ2) is 12.7. The third-order valence-electron chi connectivity index (χ3n) is 4.94. The summed E-state index contributed by atoms with van der Waals surface area (Å²) in [6, 6.07) is 40.5. The summed E-state index contributed by atoms with van der Waals surface area (Å²) in [7, 11) is 0. The summed E-state index contributed by atoms with van der Waals surface area (Å²) in [5.74, 6) is 0. The Balaban J connectivity index is 1.61. The van der Waals surface area contributed by atoms with Crippen molar-refractivity contribution in [1.82, 2.24) is 0 Å². The molecule has 4 heteroatoms. The highest BCUT2D eigenvalue weighted by Gasteiger charge is 2.17. The molecule has 0 unspecified atom stereocenters. The fourth-order valence-corrected chi connectivity index (χ4v) is 6.99. The van der Waals surface area contributed by atoms with E-state index in [2.05, 4.69) is 122 Å². The van der Waals surface area contributed by atoms with Crippen LogP contribution in [0, 0.1) is 0 Å². The zero-order valence-corrected chi connectivity index (χ0v) is 21.1. The molecule has 0 spiro atoms. The first kappa shape index (κ1) is 23.7. The highest BCUT2D eigenvalue weighted by molar-refractivity contribution is 8.17. The number of benzene rings is 4. The van der Waals surface area contributed by atoms with E-state index in [-0.39, 0.29) is 0 Å². The van der Waals surface area contributed by atoms with Crippen LogP contribution >= 0.6 is 35.3 Å². The number of thioether (sulfide) groups is 3. The Morgan fingerprint density at radius 3 is 1.61 bits per heavy atom. The van der Waals surface area contributed by atoms with Crippen LogP contribution in [0.3, 0.4) is 0 Å². The van der Waals surface area contributed by atoms with Crippen molar-refractivity contribution in [2.24, 2.45) is 4.99 Å². The molecule has 0 aromatic heterocycles. The summed E-state index contributed by atoms with van der Waals surface area (Å²) >= 11 is 5.58. The molecule has 4 aromatic rings. The first-order valence-electron chi connectivity index (χ1n) is 11.1. The Hall–Kier alpha value is -2.40. The quantitative estimate of drug-likeness (QED) is 0.101. The fraction of sp³-hybridized carbons (Fsp3) is 0.138. The van der Waals surface area contributed by atoms with Crippen LogP contribution in [0.1, 0.15) is 18.9 Å². The van der Waals surface area contributed by atoms with Crippen molar-refractivity contribution in [3.8, 4) is 0 Å². The van der Waals surface area contributed by atoms with E-state index in [1.54, 1.807) is 11.8 Å². The average molecular weight is 486 g/mol. The monoisotopic (exact) mass is 485 g/mol. The second-order valence-corrected chi connectivity index (χ2v) is 11.4. The van der Waals surface area contributed by atoms with E-state index in [9.17, 15) is 0 Å². The first-order chi connectivity index (χ1) is 16.3. The molecule has 0 N–H and O–H groups in total. The van der Waals surface area contributed by atoms with Gasteiger partial charge in [-0.3, -0.25) is 0 Å². The van der Waals surface area contributed by atoms with Crippen molar-refractivity contribution in [2.45, 2.75) is 39.0 Å². The minimum Gasteiger partial charge on any atom is -0.246 e. The molecule has 0 amide bonds. The fourth-order valence-electron chi connectivity index (χ4n) is 3.24. The molecule has 33 heavy (non-hydrogen) atoms. The van der Waals surface area contributed by atoms with E-state index in [1.165, 1.54) is 20.2 Å². The van der Waals surface area contributed by atoms with Crippen LogP contribution in [0.4, 0.5) is 5.69 Å². The number of hydrogen-bond acceptors (Lipinski definition) is 4. The summed E-state index contributed by atoms with van der Waals surface area (Å²) < 4.78 is 0.305. The Labute approximate surface area is 210 Å². The average Bonchev–Trinajstić information content (AvgIpc) is 2.86. The number of aliphatic imine (C=N–C) groups is 1. The Bertz CT molecular complexity index is 1090.